The number of rotatable bonds is 6. The summed E-state index contributed by atoms with van der Waals surface area (Å²) in [6.07, 6.45) is 0.443. The number of hydrogen-bond donors (Lipinski definition) is 3. The van der Waals surface area contributed by atoms with E-state index in [4.69, 9.17) is 21.4 Å². The van der Waals surface area contributed by atoms with Gasteiger partial charge in [0.25, 0.3) is 0 Å². The zero-order chi connectivity index (χ0) is 16.0. The van der Waals surface area contributed by atoms with Crippen LogP contribution in [0.2, 0.25) is 5.02 Å². The molecule has 116 valence electrons. The highest BCUT2D eigenvalue weighted by Crippen LogP contribution is 2.30. The van der Waals surface area contributed by atoms with Crippen molar-refractivity contribution in [3.05, 3.63) is 22.7 Å². The Morgan fingerprint density at radius 2 is 2.10 bits per heavy atom. The first-order valence-corrected chi connectivity index (χ1v) is 6.88. The Hall–Kier alpha value is -1.95. The van der Waals surface area contributed by atoms with Crippen LogP contribution in [0, 0.1) is 12.8 Å². The first kappa shape index (κ1) is 17.1. The summed E-state index contributed by atoms with van der Waals surface area (Å²) in [6, 6.07) is 2.81. The minimum Gasteiger partial charge on any atom is -0.495 e. The van der Waals surface area contributed by atoms with Crippen molar-refractivity contribution >= 4 is 29.3 Å². The van der Waals surface area contributed by atoms with E-state index in [0.29, 0.717) is 22.9 Å². The van der Waals surface area contributed by atoms with E-state index in [0.717, 1.165) is 5.56 Å². The Morgan fingerprint density at radius 1 is 1.43 bits per heavy atom. The Labute approximate surface area is 128 Å². The lowest BCUT2D eigenvalue weighted by Crippen LogP contribution is -2.35. The number of halogens is 1. The van der Waals surface area contributed by atoms with Gasteiger partial charge in [0.2, 0.25) is 0 Å². The molecule has 0 aromatic heterocycles. The molecule has 0 fully saturated rings. The quantitative estimate of drug-likeness (QED) is 0.753. The molecule has 0 heterocycles. The van der Waals surface area contributed by atoms with Crippen molar-refractivity contribution < 1.29 is 19.4 Å². The van der Waals surface area contributed by atoms with Crippen molar-refractivity contribution in [3.8, 4) is 5.75 Å². The molecule has 0 aliphatic heterocycles. The van der Waals surface area contributed by atoms with Crippen molar-refractivity contribution in [1.82, 2.24) is 5.32 Å². The number of amides is 2. The monoisotopic (exact) mass is 314 g/mol. The number of ether oxygens (including phenoxy) is 1. The summed E-state index contributed by atoms with van der Waals surface area (Å²) >= 11 is 5.98. The molecule has 0 aliphatic carbocycles. The van der Waals surface area contributed by atoms with Crippen LogP contribution in [0.1, 0.15) is 18.9 Å². The summed E-state index contributed by atoms with van der Waals surface area (Å²) in [5, 5.41) is 14.6. The Kier molecular flexibility index (Phi) is 6.30. The van der Waals surface area contributed by atoms with Crippen LogP contribution in [0.4, 0.5) is 10.5 Å². The fourth-order valence-corrected chi connectivity index (χ4v) is 1.87. The van der Waals surface area contributed by atoms with Gasteiger partial charge in [0, 0.05) is 17.6 Å². The van der Waals surface area contributed by atoms with Gasteiger partial charge in [-0.05, 0) is 25.0 Å². The number of aliphatic carboxylic acids is 1. The molecular formula is C14H19ClN2O4. The Morgan fingerprint density at radius 3 is 2.62 bits per heavy atom. The lowest BCUT2D eigenvalue weighted by molar-refractivity contribution is -0.141. The number of urea groups is 1. The molecule has 0 saturated heterocycles. The number of hydrogen-bond acceptors (Lipinski definition) is 3. The average molecular weight is 315 g/mol. The number of nitrogens with one attached hydrogen (secondary N) is 2. The summed E-state index contributed by atoms with van der Waals surface area (Å²) in [5.74, 6) is -1.10. The molecule has 0 bridgehead atoms. The molecule has 0 aliphatic rings. The smallest absolute Gasteiger partial charge is 0.319 e. The molecule has 7 heteroatoms. The molecule has 1 atom stereocenters. The largest absolute Gasteiger partial charge is 0.495 e. The standard InChI is InChI=1S/C14H19ClN2O4/c1-4-9(13(18)19)7-16-14(20)17-11-5-8(2)10(15)6-12(11)21-3/h5-6,9H,4,7H2,1-3H3,(H,18,19)(H2,16,17,20). The van der Waals surface area contributed by atoms with E-state index in [1.165, 1.54) is 7.11 Å². The minimum absolute atomic E-state index is 0.0621. The zero-order valence-corrected chi connectivity index (χ0v) is 13.0. The van der Waals surface area contributed by atoms with Gasteiger partial charge in [-0.25, -0.2) is 4.79 Å². The van der Waals surface area contributed by atoms with E-state index >= 15 is 0 Å². The predicted molar refractivity (Wildman–Crippen MR) is 81.2 cm³/mol. The van der Waals surface area contributed by atoms with Gasteiger partial charge in [0.15, 0.2) is 0 Å². The molecule has 0 saturated carbocycles. The summed E-state index contributed by atoms with van der Waals surface area (Å²) < 4.78 is 5.15. The number of aryl methyl sites for hydroxylation is 1. The zero-order valence-electron chi connectivity index (χ0n) is 12.2. The van der Waals surface area contributed by atoms with E-state index in [1.54, 1.807) is 19.1 Å². The molecule has 1 rings (SSSR count). The molecule has 1 aromatic carbocycles. The van der Waals surface area contributed by atoms with Crippen molar-refractivity contribution in [2.24, 2.45) is 5.92 Å². The number of carbonyl (C=O) groups is 2. The first-order valence-electron chi connectivity index (χ1n) is 6.50. The van der Waals surface area contributed by atoms with E-state index < -0.39 is 17.9 Å². The highest BCUT2D eigenvalue weighted by atomic mass is 35.5. The van der Waals surface area contributed by atoms with Crippen molar-refractivity contribution in [2.45, 2.75) is 20.3 Å². The van der Waals surface area contributed by atoms with Crippen LogP contribution in [-0.4, -0.2) is 30.8 Å². The molecule has 3 N–H and O–H groups in total. The molecule has 0 radical (unpaired) electrons. The van der Waals surface area contributed by atoms with Gasteiger partial charge < -0.3 is 20.5 Å². The molecule has 6 nitrogen and oxygen atoms in total. The van der Waals surface area contributed by atoms with E-state index in [2.05, 4.69) is 10.6 Å². The second kappa shape index (κ2) is 7.73. The third kappa shape index (κ3) is 4.82. The average Bonchev–Trinajstić information content (AvgIpc) is 2.42. The van der Waals surface area contributed by atoms with Crippen molar-refractivity contribution in [1.29, 1.82) is 0 Å². The van der Waals surface area contributed by atoms with Crippen LogP contribution in [0.25, 0.3) is 0 Å². The van der Waals surface area contributed by atoms with Gasteiger partial charge in [-0.2, -0.15) is 0 Å². The number of carboxylic acids is 1. The number of methoxy groups -OCH3 is 1. The van der Waals surface area contributed by atoms with Crippen LogP contribution in [0.3, 0.4) is 0 Å². The summed E-state index contributed by atoms with van der Waals surface area (Å²) in [5.41, 5.74) is 1.27. The van der Waals surface area contributed by atoms with Gasteiger partial charge in [-0.1, -0.05) is 18.5 Å². The van der Waals surface area contributed by atoms with Crippen LogP contribution in [-0.2, 0) is 4.79 Å². The molecule has 0 spiro atoms. The highest BCUT2D eigenvalue weighted by Gasteiger charge is 2.16. The molecular weight excluding hydrogens is 296 g/mol. The molecule has 21 heavy (non-hydrogen) atoms. The fourth-order valence-electron chi connectivity index (χ4n) is 1.72. The lowest BCUT2D eigenvalue weighted by atomic mass is 10.1. The number of benzene rings is 1. The van der Waals surface area contributed by atoms with Crippen LogP contribution < -0.4 is 15.4 Å². The SMILES string of the molecule is CCC(CNC(=O)Nc1cc(C)c(Cl)cc1OC)C(=O)O. The van der Waals surface area contributed by atoms with Gasteiger partial charge in [0.05, 0.1) is 18.7 Å². The first-order chi connectivity index (χ1) is 9.88. The van der Waals surface area contributed by atoms with Crippen molar-refractivity contribution in [3.63, 3.8) is 0 Å². The third-order valence-electron chi connectivity index (χ3n) is 3.08. The maximum Gasteiger partial charge on any atom is 0.319 e. The topological polar surface area (TPSA) is 87.7 Å². The number of anilines is 1. The molecule has 1 unspecified atom stereocenters. The van der Waals surface area contributed by atoms with Gasteiger partial charge in [-0.3, -0.25) is 4.79 Å². The van der Waals surface area contributed by atoms with Crippen molar-refractivity contribution in [2.75, 3.05) is 19.0 Å². The highest BCUT2D eigenvalue weighted by molar-refractivity contribution is 6.31. The maximum atomic E-state index is 11.8. The van der Waals surface area contributed by atoms with Crippen LogP contribution >= 0.6 is 11.6 Å². The summed E-state index contributed by atoms with van der Waals surface area (Å²) in [4.78, 5) is 22.7. The second-order valence-electron chi connectivity index (χ2n) is 4.58. The van der Waals surface area contributed by atoms with E-state index in [9.17, 15) is 9.59 Å². The van der Waals surface area contributed by atoms with Gasteiger partial charge in [-0.15, -0.1) is 0 Å². The molecule has 1 aromatic rings. The Bertz CT molecular complexity index is 534. The number of carbonyl (C=O) groups excluding carboxylic acids is 1. The van der Waals surface area contributed by atoms with Crippen LogP contribution in [0.5, 0.6) is 5.75 Å². The van der Waals surface area contributed by atoms with Gasteiger partial charge >= 0.3 is 12.0 Å². The number of carboxylic acid groups (broad SMARTS) is 1. The second-order valence-corrected chi connectivity index (χ2v) is 4.99. The third-order valence-corrected chi connectivity index (χ3v) is 3.49. The summed E-state index contributed by atoms with van der Waals surface area (Å²) in [7, 11) is 1.47. The molecule has 2 amide bonds. The predicted octanol–water partition coefficient (Wildman–Crippen LogP) is 2.89. The minimum atomic E-state index is -0.933. The Balaban J connectivity index is 2.71. The van der Waals surface area contributed by atoms with Gasteiger partial charge in [0.1, 0.15) is 5.75 Å². The van der Waals surface area contributed by atoms with E-state index in [-0.39, 0.29) is 6.54 Å². The summed E-state index contributed by atoms with van der Waals surface area (Å²) in [6.45, 7) is 3.62. The fraction of sp³-hybridized carbons (Fsp3) is 0.429. The van der Waals surface area contributed by atoms with E-state index in [1.807, 2.05) is 6.92 Å². The van der Waals surface area contributed by atoms with Crippen LogP contribution in [0.15, 0.2) is 12.1 Å². The lowest BCUT2D eigenvalue weighted by Gasteiger charge is -2.14. The normalized spacial score (nSPS) is 11.6. The maximum absolute atomic E-state index is 11.8.